The van der Waals surface area contributed by atoms with Crippen molar-refractivity contribution in [2.45, 2.75) is 13.8 Å². The minimum atomic E-state index is 0.362. The van der Waals surface area contributed by atoms with Gasteiger partial charge < -0.3 is 4.57 Å². The van der Waals surface area contributed by atoms with Crippen molar-refractivity contribution in [2.24, 2.45) is 0 Å². The molecule has 3 rings (SSSR count). The third-order valence-electron chi connectivity index (χ3n) is 2.93. The number of rotatable bonds is 2. The molecule has 3 aromatic rings. The summed E-state index contributed by atoms with van der Waals surface area (Å²) in [6.45, 7) is 4.00. The molecule has 0 unspecified atom stereocenters. The molecule has 0 amide bonds. The summed E-state index contributed by atoms with van der Waals surface area (Å²) in [5.74, 6) is 0. The number of benzene rings is 1. The Hall–Kier alpha value is -1.84. The van der Waals surface area contributed by atoms with Gasteiger partial charge in [0.05, 0.1) is 5.52 Å². The third kappa shape index (κ3) is 2.94. The van der Waals surface area contributed by atoms with Crippen LogP contribution in [0.25, 0.3) is 16.6 Å². The van der Waals surface area contributed by atoms with Crippen molar-refractivity contribution in [1.29, 1.82) is 0 Å². The number of nitrogens with zero attached hydrogens (tertiary/aromatic N) is 2. The van der Waals surface area contributed by atoms with E-state index in [1.165, 1.54) is 0 Å². The van der Waals surface area contributed by atoms with Crippen molar-refractivity contribution < 1.29 is 4.79 Å². The standard InChI is InChI=1S/C14H8Cl2N2O.C2H6/c15-10-1-3-11(4-2-10)18-7-9(8-19)12-5-6-17-14(16)13(12)18;1-2/h1-8H;1-2H3. The number of halogens is 2. The Morgan fingerprint density at radius 1 is 1.10 bits per heavy atom. The Bertz CT molecular complexity index is 764. The molecule has 2 heterocycles. The topological polar surface area (TPSA) is 34.9 Å². The quantitative estimate of drug-likeness (QED) is 0.482. The van der Waals surface area contributed by atoms with Crippen molar-refractivity contribution in [3.8, 4) is 5.69 Å². The van der Waals surface area contributed by atoms with E-state index in [-0.39, 0.29) is 0 Å². The van der Waals surface area contributed by atoms with Gasteiger partial charge in [0.2, 0.25) is 0 Å². The molecule has 3 nitrogen and oxygen atoms in total. The van der Waals surface area contributed by atoms with Gasteiger partial charge in [0.25, 0.3) is 0 Å². The van der Waals surface area contributed by atoms with Crippen LogP contribution in [0.15, 0.2) is 42.7 Å². The smallest absolute Gasteiger partial charge is 0.153 e. The van der Waals surface area contributed by atoms with Crippen molar-refractivity contribution in [1.82, 2.24) is 9.55 Å². The normalized spacial score (nSPS) is 10.1. The van der Waals surface area contributed by atoms with E-state index in [1.54, 1.807) is 30.6 Å². The van der Waals surface area contributed by atoms with E-state index in [9.17, 15) is 4.79 Å². The Morgan fingerprint density at radius 3 is 2.38 bits per heavy atom. The second-order valence-corrected chi connectivity index (χ2v) is 4.84. The van der Waals surface area contributed by atoms with Crippen molar-refractivity contribution in [2.75, 3.05) is 0 Å². The Kier molecular flexibility index (Phi) is 4.99. The predicted octanol–water partition coefficient (Wildman–Crippen LogP) is 5.17. The maximum atomic E-state index is 11.1. The zero-order chi connectivity index (χ0) is 15.4. The Morgan fingerprint density at radius 2 is 1.76 bits per heavy atom. The molecule has 21 heavy (non-hydrogen) atoms. The maximum Gasteiger partial charge on any atom is 0.153 e. The fraction of sp³-hybridized carbons (Fsp3) is 0.125. The van der Waals surface area contributed by atoms with Crippen molar-refractivity contribution in [3.05, 3.63) is 58.5 Å². The Labute approximate surface area is 133 Å². The van der Waals surface area contributed by atoms with Crippen LogP contribution in [-0.2, 0) is 0 Å². The average Bonchev–Trinajstić information content (AvgIpc) is 2.90. The van der Waals surface area contributed by atoms with Gasteiger partial charge in [0, 0.05) is 34.1 Å². The minimum Gasteiger partial charge on any atom is -0.313 e. The molecule has 0 radical (unpaired) electrons. The molecule has 0 fully saturated rings. The van der Waals surface area contributed by atoms with Crippen LogP contribution in [0.2, 0.25) is 10.2 Å². The molecule has 108 valence electrons. The number of fused-ring (bicyclic) bond motifs is 1. The summed E-state index contributed by atoms with van der Waals surface area (Å²) < 4.78 is 1.84. The molecule has 0 saturated carbocycles. The molecule has 1 aromatic carbocycles. The van der Waals surface area contributed by atoms with Crippen LogP contribution in [0, 0.1) is 0 Å². The van der Waals surface area contributed by atoms with E-state index < -0.39 is 0 Å². The van der Waals surface area contributed by atoms with E-state index in [0.717, 1.165) is 17.4 Å². The van der Waals surface area contributed by atoms with Gasteiger partial charge in [-0.2, -0.15) is 0 Å². The zero-order valence-electron chi connectivity index (χ0n) is 11.7. The number of carbonyl (C=O) groups is 1. The molecule has 0 N–H and O–H groups in total. The summed E-state index contributed by atoms with van der Waals surface area (Å²) in [5.41, 5.74) is 2.17. The average molecular weight is 321 g/mol. The highest BCUT2D eigenvalue weighted by molar-refractivity contribution is 6.34. The lowest BCUT2D eigenvalue weighted by Gasteiger charge is -2.06. The molecule has 0 aliphatic carbocycles. The molecule has 0 aliphatic rings. The number of aromatic nitrogens is 2. The van der Waals surface area contributed by atoms with Crippen LogP contribution in [0.3, 0.4) is 0 Å². The first-order valence-corrected chi connectivity index (χ1v) is 7.33. The summed E-state index contributed by atoms with van der Waals surface area (Å²) in [7, 11) is 0. The molecule has 0 bridgehead atoms. The monoisotopic (exact) mass is 320 g/mol. The van der Waals surface area contributed by atoms with Gasteiger partial charge in [0.1, 0.15) is 0 Å². The largest absolute Gasteiger partial charge is 0.313 e. The first kappa shape index (κ1) is 15.5. The molecular weight excluding hydrogens is 307 g/mol. The molecule has 0 spiro atoms. The summed E-state index contributed by atoms with van der Waals surface area (Å²) in [6, 6.07) is 9.07. The lowest BCUT2D eigenvalue weighted by Crippen LogP contribution is -1.92. The van der Waals surface area contributed by atoms with Crippen LogP contribution >= 0.6 is 23.2 Å². The Balaban J connectivity index is 0.000000774. The maximum absolute atomic E-state index is 11.1. The van der Waals surface area contributed by atoms with Crippen molar-refractivity contribution >= 4 is 40.4 Å². The molecule has 2 aromatic heterocycles. The lowest BCUT2D eigenvalue weighted by atomic mass is 10.2. The third-order valence-corrected chi connectivity index (χ3v) is 3.46. The highest BCUT2D eigenvalue weighted by atomic mass is 35.5. The van der Waals surface area contributed by atoms with Gasteiger partial charge in [0.15, 0.2) is 11.4 Å². The fourth-order valence-electron chi connectivity index (χ4n) is 2.06. The van der Waals surface area contributed by atoms with Gasteiger partial charge in [-0.25, -0.2) is 4.98 Å². The number of aldehydes is 1. The van der Waals surface area contributed by atoms with E-state index in [0.29, 0.717) is 21.3 Å². The summed E-state index contributed by atoms with van der Waals surface area (Å²) >= 11 is 12.0. The summed E-state index contributed by atoms with van der Waals surface area (Å²) in [4.78, 5) is 15.2. The van der Waals surface area contributed by atoms with E-state index >= 15 is 0 Å². The molecular formula is C16H14Cl2N2O. The van der Waals surface area contributed by atoms with Gasteiger partial charge >= 0.3 is 0 Å². The molecule has 0 aliphatic heterocycles. The first-order valence-electron chi connectivity index (χ1n) is 6.57. The van der Waals surface area contributed by atoms with Gasteiger partial charge in [-0.1, -0.05) is 37.0 Å². The number of carbonyl (C=O) groups excluding carboxylic acids is 1. The highest BCUT2D eigenvalue weighted by Gasteiger charge is 2.12. The minimum absolute atomic E-state index is 0.362. The summed E-state index contributed by atoms with van der Waals surface area (Å²) in [5, 5.41) is 1.80. The predicted molar refractivity (Wildman–Crippen MR) is 87.8 cm³/mol. The van der Waals surface area contributed by atoms with Crippen LogP contribution in [-0.4, -0.2) is 15.8 Å². The molecule has 0 saturated heterocycles. The second kappa shape index (κ2) is 6.74. The van der Waals surface area contributed by atoms with E-state index in [4.69, 9.17) is 23.2 Å². The lowest BCUT2D eigenvalue weighted by molar-refractivity contribution is 0.112. The molecule has 5 heteroatoms. The van der Waals surface area contributed by atoms with Crippen LogP contribution in [0.5, 0.6) is 0 Å². The highest BCUT2D eigenvalue weighted by Crippen LogP contribution is 2.28. The van der Waals surface area contributed by atoms with Crippen LogP contribution in [0.4, 0.5) is 0 Å². The summed E-state index contributed by atoms with van der Waals surface area (Å²) in [6.07, 6.45) is 4.14. The van der Waals surface area contributed by atoms with Crippen LogP contribution < -0.4 is 0 Å². The SMILES string of the molecule is CC.O=Cc1cn(-c2ccc(Cl)cc2)c2c(Cl)nccc12. The van der Waals surface area contributed by atoms with Crippen molar-refractivity contribution in [3.63, 3.8) is 0 Å². The van der Waals surface area contributed by atoms with E-state index in [2.05, 4.69) is 4.98 Å². The second-order valence-electron chi connectivity index (χ2n) is 4.05. The van der Waals surface area contributed by atoms with Crippen LogP contribution in [0.1, 0.15) is 24.2 Å². The van der Waals surface area contributed by atoms with Gasteiger partial charge in [-0.3, -0.25) is 4.79 Å². The number of pyridine rings is 1. The molecule has 0 atom stereocenters. The number of hydrogen-bond donors (Lipinski definition) is 0. The zero-order valence-corrected chi connectivity index (χ0v) is 13.2. The number of hydrogen-bond acceptors (Lipinski definition) is 2. The van der Waals surface area contributed by atoms with Gasteiger partial charge in [-0.15, -0.1) is 0 Å². The van der Waals surface area contributed by atoms with Gasteiger partial charge in [-0.05, 0) is 30.3 Å². The first-order chi connectivity index (χ1) is 10.2. The fourth-order valence-corrected chi connectivity index (χ4v) is 2.44. The van der Waals surface area contributed by atoms with E-state index in [1.807, 2.05) is 30.5 Å².